The Labute approximate surface area is 130 Å². The Kier molecular flexibility index (Phi) is 4.81. The number of rotatable bonds is 5. The summed E-state index contributed by atoms with van der Waals surface area (Å²) < 4.78 is 5.66. The number of nitrogens with zero attached hydrogens (tertiary/aromatic N) is 1. The van der Waals surface area contributed by atoms with Gasteiger partial charge in [0.05, 0.1) is 10.5 Å². The van der Waals surface area contributed by atoms with Gasteiger partial charge >= 0.3 is 0 Å². The van der Waals surface area contributed by atoms with Gasteiger partial charge in [-0.1, -0.05) is 45.0 Å². The average molecular weight is 299 g/mol. The van der Waals surface area contributed by atoms with Gasteiger partial charge in [0.1, 0.15) is 12.4 Å². The first-order valence-corrected chi connectivity index (χ1v) is 7.29. The van der Waals surface area contributed by atoms with Gasteiger partial charge in [0.15, 0.2) is 0 Å². The van der Waals surface area contributed by atoms with Crippen LogP contribution < -0.4 is 4.74 Å². The van der Waals surface area contributed by atoms with E-state index in [1.54, 1.807) is 18.2 Å². The van der Waals surface area contributed by atoms with E-state index < -0.39 is 0 Å². The van der Waals surface area contributed by atoms with Gasteiger partial charge in [-0.25, -0.2) is 0 Å². The standard InChI is InChI=1S/C18H21NO3/c1-18(2,3)12-14-8-10-16(11-9-14)22-13-15-6-4-5-7-17(15)19(20)21/h4-11H,12-13H2,1-3H3. The minimum absolute atomic E-state index is 0.0897. The van der Waals surface area contributed by atoms with E-state index in [-0.39, 0.29) is 22.6 Å². The molecule has 22 heavy (non-hydrogen) atoms. The van der Waals surface area contributed by atoms with Crippen molar-refractivity contribution in [3.05, 3.63) is 69.8 Å². The van der Waals surface area contributed by atoms with Crippen LogP contribution >= 0.6 is 0 Å². The van der Waals surface area contributed by atoms with Gasteiger partial charge in [0.25, 0.3) is 5.69 Å². The predicted molar refractivity (Wildman–Crippen MR) is 87.0 cm³/mol. The van der Waals surface area contributed by atoms with E-state index in [1.165, 1.54) is 11.6 Å². The summed E-state index contributed by atoms with van der Waals surface area (Å²) in [6.07, 6.45) is 0.997. The van der Waals surface area contributed by atoms with E-state index in [4.69, 9.17) is 4.74 Å². The summed E-state index contributed by atoms with van der Waals surface area (Å²) in [5, 5.41) is 11.0. The topological polar surface area (TPSA) is 52.4 Å². The van der Waals surface area contributed by atoms with Crippen LogP contribution in [0, 0.1) is 15.5 Å². The fourth-order valence-corrected chi connectivity index (χ4v) is 2.29. The third-order valence-corrected chi connectivity index (χ3v) is 3.24. The van der Waals surface area contributed by atoms with Gasteiger partial charge in [0, 0.05) is 6.07 Å². The van der Waals surface area contributed by atoms with Gasteiger partial charge in [-0.3, -0.25) is 10.1 Å². The van der Waals surface area contributed by atoms with Gasteiger partial charge < -0.3 is 4.74 Å². The largest absolute Gasteiger partial charge is 0.489 e. The fourth-order valence-electron chi connectivity index (χ4n) is 2.29. The molecule has 116 valence electrons. The Morgan fingerprint density at radius 1 is 1.05 bits per heavy atom. The Balaban J connectivity index is 2.02. The zero-order chi connectivity index (χ0) is 16.2. The van der Waals surface area contributed by atoms with Crippen molar-refractivity contribution in [3.8, 4) is 5.75 Å². The first kappa shape index (κ1) is 16.0. The Morgan fingerprint density at radius 2 is 1.68 bits per heavy atom. The maximum atomic E-state index is 11.0. The van der Waals surface area contributed by atoms with Crippen LogP contribution in [-0.2, 0) is 13.0 Å². The van der Waals surface area contributed by atoms with E-state index in [0.717, 1.165) is 12.2 Å². The molecule has 0 radical (unpaired) electrons. The summed E-state index contributed by atoms with van der Waals surface area (Å²) in [5.74, 6) is 0.718. The van der Waals surface area contributed by atoms with Crippen LogP contribution in [-0.4, -0.2) is 4.92 Å². The van der Waals surface area contributed by atoms with E-state index in [1.807, 2.05) is 24.3 Å². The summed E-state index contributed by atoms with van der Waals surface area (Å²) in [6, 6.07) is 14.5. The van der Waals surface area contributed by atoms with Crippen molar-refractivity contribution >= 4 is 5.69 Å². The van der Waals surface area contributed by atoms with Crippen LogP contribution in [0.1, 0.15) is 31.9 Å². The lowest BCUT2D eigenvalue weighted by Crippen LogP contribution is -2.08. The summed E-state index contributed by atoms with van der Waals surface area (Å²) in [6.45, 7) is 6.79. The van der Waals surface area contributed by atoms with Crippen LogP contribution in [0.2, 0.25) is 0 Å². The Hall–Kier alpha value is -2.36. The summed E-state index contributed by atoms with van der Waals surface area (Å²) in [7, 11) is 0. The van der Waals surface area contributed by atoms with Crippen molar-refractivity contribution in [1.82, 2.24) is 0 Å². The number of benzene rings is 2. The molecule has 2 aromatic carbocycles. The molecule has 0 bridgehead atoms. The van der Waals surface area contributed by atoms with Crippen LogP contribution in [0.3, 0.4) is 0 Å². The first-order valence-electron chi connectivity index (χ1n) is 7.29. The minimum Gasteiger partial charge on any atom is -0.489 e. The molecule has 4 nitrogen and oxygen atoms in total. The first-order chi connectivity index (χ1) is 10.3. The maximum Gasteiger partial charge on any atom is 0.276 e. The van der Waals surface area contributed by atoms with E-state index >= 15 is 0 Å². The van der Waals surface area contributed by atoms with Gasteiger partial charge in [-0.05, 0) is 35.6 Å². The van der Waals surface area contributed by atoms with Crippen molar-refractivity contribution in [2.75, 3.05) is 0 Å². The second kappa shape index (κ2) is 6.60. The average Bonchev–Trinajstić information content (AvgIpc) is 2.45. The van der Waals surface area contributed by atoms with Gasteiger partial charge in [-0.15, -0.1) is 0 Å². The molecule has 0 amide bonds. The Bertz CT molecular complexity index is 642. The SMILES string of the molecule is CC(C)(C)Cc1ccc(OCc2ccccc2[N+](=O)[O-])cc1. The molecule has 0 aliphatic heterocycles. The zero-order valence-electron chi connectivity index (χ0n) is 13.2. The molecule has 0 fully saturated rings. The van der Waals surface area contributed by atoms with Crippen molar-refractivity contribution in [2.45, 2.75) is 33.8 Å². The molecule has 0 unspecified atom stereocenters. The number of ether oxygens (including phenoxy) is 1. The number of hydrogen-bond donors (Lipinski definition) is 0. The molecule has 0 heterocycles. The molecule has 0 aromatic heterocycles. The second-order valence-electron chi connectivity index (χ2n) is 6.56. The smallest absolute Gasteiger partial charge is 0.276 e. The highest BCUT2D eigenvalue weighted by Gasteiger charge is 2.13. The van der Waals surface area contributed by atoms with Crippen LogP contribution in [0.4, 0.5) is 5.69 Å². The lowest BCUT2D eigenvalue weighted by molar-refractivity contribution is -0.385. The number of nitro groups is 1. The molecule has 2 rings (SSSR count). The molecule has 0 N–H and O–H groups in total. The molecule has 0 aliphatic carbocycles. The highest BCUT2D eigenvalue weighted by Crippen LogP contribution is 2.24. The fraction of sp³-hybridized carbons (Fsp3) is 0.333. The number of nitro benzene ring substituents is 1. The molecule has 0 aliphatic rings. The monoisotopic (exact) mass is 299 g/mol. The minimum atomic E-state index is -0.384. The highest BCUT2D eigenvalue weighted by molar-refractivity contribution is 5.39. The van der Waals surface area contributed by atoms with E-state index in [9.17, 15) is 10.1 Å². The van der Waals surface area contributed by atoms with Crippen molar-refractivity contribution in [3.63, 3.8) is 0 Å². The maximum absolute atomic E-state index is 11.0. The molecule has 0 saturated carbocycles. The van der Waals surface area contributed by atoms with Crippen LogP contribution in [0.5, 0.6) is 5.75 Å². The molecule has 0 saturated heterocycles. The lowest BCUT2D eigenvalue weighted by Gasteiger charge is -2.18. The quantitative estimate of drug-likeness (QED) is 0.590. The van der Waals surface area contributed by atoms with E-state index in [2.05, 4.69) is 20.8 Å². The zero-order valence-corrected chi connectivity index (χ0v) is 13.2. The second-order valence-corrected chi connectivity index (χ2v) is 6.56. The Morgan fingerprint density at radius 3 is 2.27 bits per heavy atom. The van der Waals surface area contributed by atoms with Crippen molar-refractivity contribution < 1.29 is 9.66 Å². The third kappa shape index (κ3) is 4.58. The molecular formula is C18H21NO3. The predicted octanol–water partition coefficient (Wildman–Crippen LogP) is 4.76. The lowest BCUT2D eigenvalue weighted by atomic mass is 9.88. The van der Waals surface area contributed by atoms with Crippen molar-refractivity contribution in [1.29, 1.82) is 0 Å². The summed E-state index contributed by atoms with van der Waals surface area (Å²) in [5.41, 5.74) is 2.16. The molecule has 0 atom stereocenters. The van der Waals surface area contributed by atoms with Gasteiger partial charge in [0.2, 0.25) is 0 Å². The normalized spacial score (nSPS) is 11.2. The number of para-hydroxylation sites is 1. The van der Waals surface area contributed by atoms with Crippen molar-refractivity contribution in [2.24, 2.45) is 5.41 Å². The number of hydrogen-bond acceptors (Lipinski definition) is 3. The van der Waals surface area contributed by atoms with E-state index in [0.29, 0.717) is 5.56 Å². The summed E-state index contributed by atoms with van der Waals surface area (Å²) in [4.78, 5) is 10.6. The molecule has 2 aromatic rings. The van der Waals surface area contributed by atoms with Gasteiger partial charge in [-0.2, -0.15) is 0 Å². The van der Waals surface area contributed by atoms with Crippen LogP contribution in [0.25, 0.3) is 0 Å². The highest BCUT2D eigenvalue weighted by atomic mass is 16.6. The molecule has 0 spiro atoms. The van der Waals surface area contributed by atoms with Crippen LogP contribution in [0.15, 0.2) is 48.5 Å². The molecule has 4 heteroatoms. The molecular weight excluding hydrogens is 278 g/mol. The summed E-state index contributed by atoms with van der Waals surface area (Å²) >= 11 is 0. The third-order valence-electron chi connectivity index (χ3n) is 3.24.